The van der Waals surface area contributed by atoms with Crippen molar-refractivity contribution < 1.29 is 14.7 Å². The Balaban J connectivity index is 1.72. The number of benzene rings is 1. The lowest BCUT2D eigenvalue weighted by Gasteiger charge is -2.36. The first kappa shape index (κ1) is 15.5. The van der Waals surface area contributed by atoms with Crippen LogP contribution in [0.4, 0.5) is 0 Å². The van der Waals surface area contributed by atoms with Crippen LogP contribution in [0.25, 0.3) is 10.9 Å². The molecule has 1 aromatic carbocycles. The summed E-state index contributed by atoms with van der Waals surface area (Å²) in [5, 5.41) is 19.8. The van der Waals surface area contributed by atoms with Gasteiger partial charge in [-0.15, -0.1) is 0 Å². The summed E-state index contributed by atoms with van der Waals surface area (Å²) < 4.78 is 0. The van der Waals surface area contributed by atoms with Gasteiger partial charge in [0, 0.05) is 11.9 Å². The molecule has 1 saturated carbocycles. The predicted octanol–water partition coefficient (Wildman–Crippen LogP) is 2.72. The van der Waals surface area contributed by atoms with Gasteiger partial charge in [0.2, 0.25) is 0 Å². The Labute approximate surface area is 134 Å². The van der Waals surface area contributed by atoms with Gasteiger partial charge in [-0.1, -0.05) is 37.5 Å². The van der Waals surface area contributed by atoms with Crippen LogP contribution in [0.3, 0.4) is 0 Å². The van der Waals surface area contributed by atoms with Gasteiger partial charge in [0.05, 0.1) is 11.9 Å². The minimum atomic E-state index is -0.800. The third-order valence-corrected chi connectivity index (χ3v) is 4.75. The molecule has 1 heterocycles. The second-order valence-corrected chi connectivity index (χ2v) is 6.43. The quantitative estimate of drug-likeness (QED) is 0.790. The van der Waals surface area contributed by atoms with Crippen LogP contribution in [-0.2, 0) is 4.79 Å². The van der Waals surface area contributed by atoms with E-state index in [2.05, 4.69) is 15.5 Å². The second-order valence-electron chi connectivity index (χ2n) is 6.43. The third-order valence-electron chi connectivity index (χ3n) is 4.75. The molecule has 6 heteroatoms. The van der Waals surface area contributed by atoms with E-state index in [-0.39, 0.29) is 17.7 Å². The molecule has 0 aliphatic heterocycles. The minimum Gasteiger partial charge on any atom is -0.481 e. The van der Waals surface area contributed by atoms with Gasteiger partial charge in [-0.2, -0.15) is 5.10 Å². The van der Waals surface area contributed by atoms with E-state index in [0.29, 0.717) is 12.2 Å². The highest BCUT2D eigenvalue weighted by Crippen LogP contribution is 2.38. The lowest BCUT2D eigenvalue weighted by molar-refractivity contribution is -0.140. The topological polar surface area (TPSA) is 95.1 Å². The summed E-state index contributed by atoms with van der Waals surface area (Å²) in [5.41, 5.74) is 0.851. The van der Waals surface area contributed by atoms with E-state index in [1.54, 1.807) is 0 Å². The van der Waals surface area contributed by atoms with E-state index in [1.165, 1.54) is 0 Å². The molecule has 1 aliphatic rings. The van der Waals surface area contributed by atoms with Gasteiger partial charge in [-0.25, -0.2) is 0 Å². The van der Waals surface area contributed by atoms with Crippen LogP contribution in [0, 0.1) is 5.41 Å². The van der Waals surface area contributed by atoms with Crippen molar-refractivity contribution in [2.24, 2.45) is 5.41 Å². The lowest BCUT2D eigenvalue weighted by Crippen LogP contribution is -2.40. The van der Waals surface area contributed by atoms with Crippen LogP contribution in [0.5, 0.6) is 0 Å². The van der Waals surface area contributed by atoms with Crippen LogP contribution < -0.4 is 5.32 Å². The maximum absolute atomic E-state index is 12.4. The SMILES string of the molecule is O=C(O)CC1(CNC(=O)c2n[nH]c3ccccc23)CCCCC1. The van der Waals surface area contributed by atoms with Crippen molar-refractivity contribution in [1.29, 1.82) is 0 Å². The number of amides is 1. The lowest BCUT2D eigenvalue weighted by atomic mass is 9.71. The first-order chi connectivity index (χ1) is 11.1. The normalized spacial score (nSPS) is 17.0. The number of aromatic amines is 1. The van der Waals surface area contributed by atoms with Crippen LogP contribution in [0.2, 0.25) is 0 Å². The molecular weight excluding hydrogens is 294 g/mol. The first-order valence-corrected chi connectivity index (χ1v) is 8.03. The molecular formula is C17H21N3O3. The zero-order valence-electron chi connectivity index (χ0n) is 13.0. The van der Waals surface area contributed by atoms with Gasteiger partial charge >= 0.3 is 5.97 Å². The Bertz CT molecular complexity index is 717. The fraction of sp³-hybridized carbons (Fsp3) is 0.471. The highest BCUT2D eigenvalue weighted by atomic mass is 16.4. The molecule has 0 spiro atoms. The number of carbonyl (C=O) groups excluding carboxylic acids is 1. The molecule has 1 fully saturated rings. The number of carbonyl (C=O) groups is 2. The van der Waals surface area contributed by atoms with Gasteiger partial charge in [0.25, 0.3) is 5.91 Å². The van der Waals surface area contributed by atoms with E-state index < -0.39 is 5.97 Å². The highest BCUT2D eigenvalue weighted by molar-refractivity contribution is 6.04. The molecule has 6 nitrogen and oxygen atoms in total. The Hall–Kier alpha value is -2.37. The Kier molecular flexibility index (Phi) is 4.32. The fourth-order valence-electron chi connectivity index (χ4n) is 3.53. The number of H-pyrrole nitrogens is 1. The number of para-hydroxylation sites is 1. The predicted molar refractivity (Wildman–Crippen MR) is 86.2 cm³/mol. The van der Waals surface area contributed by atoms with Crippen LogP contribution >= 0.6 is 0 Å². The number of carboxylic acid groups (broad SMARTS) is 1. The summed E-state index contributed by atoms with van der Waals surface area (Å²) in [4.78, 5) is 23.6. The molecule has 0 saturated heterocycles. The molecule has 1 aromatic heterocycles. The van der Waals surface area contributed by atoms with Crippen LogP contribution in [-0.4, -0.2) is 33.7 Å². The summed E-state index contributed by atoms with van der Waals surface area (Å²) in [6.07, 6.45) is 4.98. The summed E-state index contributed by atoms with van der Waals surface area (Å²) >= 11 is 0. The summed E-state index contributed by atoms with van der Waals surface area (Å²) in [5.74, 6) is -1.05. The summed E-state index contributed by atoms with van der Waals surface area (Å²) in [7, 11) is 0. The van der Waals surface area contributed by atoms with E-state index in [4.69, 9.17) is 0 Å². The van der Waals surface area contributed by atoms with Crippen molar-refractivity contribution in [3.05, 3.63) is 30.0 Å². The van der Waals surface area contributed by atoms with E-state index in [0.717, 1.165) is 43.0 Å². The fourth-order valence-corrected chi connectivity index (χ4v) is 3.53. The maximum Gasteiger partial charge on any atom is 0.303 e. The van der Waals surface area contributed by atoms with Gasteiger partial charge in [0.15, 0.2) is 5.69 Å². The van der Waals surface area contributed by atoms with Gasteiger partial charge < -0.3 is 10.4 Å². The van der Waals surface area contributed by atoms with Crippen LogP contribution in [0.15, 0.2) is 24.3 Å². The number of rotatable bonds is 5. The first-order valence-electron chi connectivity index (χ1n) is 8.03. The molecule has 3 N–H and O–H groups in total. The average molecular weight is 315 g/mol. The monoisotopic (exact) mass is 315 g/mol. The van der Waals surface area contributed by atoms with Gasteiger partial charge in [0.1, 0.15) is 0 Å². The smallest absolute Gasteiger partial charge is 0.303 e. The Morgan fingerprint density at radius 3 is 2.70 bits per heavy atom. The maximum atomic E-state index is 12.4. The highest BCUT2D eigenvalue weighted by Gasteiger charge is 2.35. The Morgan fingerprint density at radius 2 is 1.96 bits per heavy atom. The number of fused-ring (bicyclic) bond motifs is 1. The van der Waals surface area contributed by atoms with Crippen molar-refractivity contribution in [3.8, 4) is 0 Å². The largest absolute Gasteiger partial charge is 0.481 e. The van der Waals surface area contributed by atoms with Crippen molar-refractivity contribution in [2.75, 3.05) is 6.54 Å². The molecule has 3 rings (SSSR count). The molecule has 0 radical (unpaired) electrons. The molecule has 1 aliphatic carbocycles. The van der Waals surface area contributed by atoms with Crippen molar-refractivity contribution in [3.63, 3.8) is 0 Å². The average Bonchev–Trinajstić information content (AvgIpc) is 2.97. The van der Waals surface area contributed by atoms with Crippen molar-refractivity contribution in [1.82, 2.24) is 15.5 Å². The van der Waals surface area contributed by atoms with Crippen molar-refractivity contribution in [2.45, 2.75) is 38.5 Å². The molecule has 0 atom stereocenters. The molecule has 23 heavy (non-hydrogen) atoms. The molecule has 0 bridgehead atoms. The van der Waals surface area contributed by atoms with Crippen LogP contribution in [0.1, 0.15) is 49.0 Å². The Morgan fingerprint density at radius 1 is 1.22 bits per heavy atom. The summed E-state index contributed by atoms with van der Waals surface area (Å²) in [6.45, 7) is 0.388. The second kappa shape index (κ2) is 6.40. The minimum absolute atomic E-state index is 0.106. The zero-order valence-corrected chi connectivity index (χ0v) is 13.0. The molecule has 1 amide bonds. The van der Waals surface area contributed by atoms with Gasteiger partial charge in [-0.3, -0.25) is 14.7 Å². The molecule has 2 aromatic rings. The third kappa shape index (κ3) is 3.36. The van der Waals surface area contributed by atoms with E-state index in [9.17, 15) is 14.7 Å². The number of hydrogen-bond acceptors (Lipinski definition) is 3. The number of carboxylic acids is 1. The number of hydrogen-bond donors (Lipinski definition) is 3. The standard InChI is InChI=1S/C17H21N3O3/c21-14(22)10-17(8-4-1-5-9-17)11-18-16(23)15-12-6-2-3-7-13(12)19-20-15/h2-3,6-7H,1,4-5,8-11H2,(H,18,23)(H,19,20)(H,21,22). The zero-order chi connectivity index (χ0) is 16.3. The van der Waals surface area contributed by atoms with E-state index >= 15 is 0 Å². The van der Waals surface area contributed by atoms with Gasteiger partial charge in [-0.05, 0) is 24.3 Å². The van der Waals surface area contributed by atoms with Crippen molar-refractivity contribution >= 4 is 22.8 Å². The number of aliphatic carboxylic acids is 1. The molecule has 122 valence electrons. The van der Waals surface area contributed by atoms with E-state index in [1.807, 2.05) is 24.3 Å². The number of nitrogens with one attached hydrogen (secondary N) is 2. The number of aromatic nitrogens is 2. The summed E-state index contributed by atoms with van der Waals surface area (Å²) in [6, 6.07) is 7.46. The molecule has 0 unspecified atom stereocenters. The number of nitrogens with zero attached hydrogens (tertiary/aromatic N) is 1.